The fourth-order valence-electron chi connectivity index (χ4n) is 1.56. The van der Waals surface area contributed by atoms with Gasteiger partial charge in [0.1, 0.15) is 0 Å². The molecule has 0 aromatic carbocycles. The van der Waals surface area contributed by atoms with Crippen molar-refractivity contribution in [3.8, 4) is 0 Å². The Morgan fingerprint density at radius 2 is 2.24 bits per heavy atom. The lowest BCUT2D eigenvalue weighted by atomic mass is 10.0. The number of carbonyl (C=O) groups is 1. The van der Waals surface area contributed by atoms with Crippen molar-refractivity contribution in [3.05, 3.63) is 15.8 Å². The highest BCUT2D eigenvalue weighted by Gasteiger charge is 2.18. The van der Waals surface area contributed by atoms with Gasteiger partial charge in [-0.15, -0.1) is 11.3 Å². The summed E-state index contributed by atoms with van der Waals surface area (Å²) in [4.78, 5) is 13.5. The van der Waals surface area contributed by atoms with Gasteiger partial charge in [0.2, 0.25) is 0 Å². The second-order valence-electron chi connectivity index (χ2n) is 4.46. The Kier molecular flexibility index (Phi) is 4.96. The number of anilines is 1. The molecule has 4 N–H and O–H groups in total. The standard InChI is InChI=1S/C12H20N2O2S/c1-7(2)10(4-5-15)14-12(16)11-6-9(13)8(3)17-11/h6-7,10,15H,4-5,13H2,1-3H3,(H,14,16). The lowest BCUT2D eigenvalue weighted by Crippen LogP contribution is -2.38. The number of rotatable bonds is 5. The van der Waals surface area contributed by atoms with Crippen molar-refractivity contribution in [2.45, 2.75) is 33.2 Å². The van der Waals surface area contributed by atoms with Crippen molar-refractivity contribution in [1.29, 1.82) is 0 Å². The Hall–Kier alpha value is -1.07. The molecule has 0 fully saturated rings. The van der Waals surface area contributed by atoms with Gasteiger partial charge in [-0.3, -0.25) is 4.79 Å². The lowest BCUT2D eigenvalue weighted by molar-refractivity contribution is 0.0921. The predicted molar refractivity (Wildman–Crippen MR) is 71.3 cm³/mol. The van der Waals surface area contributed by atoms with Gasteiger partial charge in [0.15, 0.2) is 0 Å². The molecule has 0 aliphatic carbocycles. The molecule has 0 radical (unpaired) electrons. The summed E-state index contributed by atoms with van der Waals surface area (Å²) in [5.41, 5.74) is 6.37. The summed E-state index contributed by atoms with van der Waals surface area (Å²) in [7, 11) is 0. The van der Waals surface area contributed by atoms with E-state index in [2.05, 4.69) is 5.32 Å². The third kappa shape index (κ3) is 3.71. The highest BCUT2D eigenvalue weighted by molar-refractivity contribution is 7.14. The van der Waals surface area contributed by atoms with E-state index in [9.17, 15) is 4.79 Å². The molecule has 1 amide bonds. The second-order valence-corrected chi connectivity index (χ2v) is 5.71. The molecule has 4 nitrogen and oxygen atoms in total. The van der Waals surface area contributed by atoms with Gasteiger partial charge in [0.05, 0.1) is 4.88 Å². The van der Waals surface area contributed by atoms with Gasteiger partial charge in [0, 0.05) is 23.2 Å². The maximum Gasteiger partial charge on any atom is 0.261 e. The third-order valence-corrected chi connectivity index (χ3v) is 3.81. The number of nitrogens with two attached hydrogens (primary N) is 1. The van der Waals surface area contributed by atoms with Crippen LogP contribution in [-0.4, -0.2) is 23.7 Å². The van der Waals surface area contributed by atoms with Gasteiger partial charge >= 0.3 is 0 Å². The minimum atomic E-state index is -0.109. The van der Waals surface area contributed by atoms with Gasteiger partial charge in [-0.2, -0.15) is 0 Å². The summed E-state index contributed by atoms with van der Waals surface area (Å²) in [6.45, 7) is 6.02. The third-order valence-electron chi connectivity index (χ3n) is 2.74. The van der Waals surface area contributed by atoms with E-state index in [1.165, 1.54) is 11.3 Å². The molecular formula is C12H20N2O2S. The molecular weight excluding hydrogens is 236 g/mol. The average Bonchev–Trinajstić information content (AvgIpc) is 2.58. The number of thiophene rings is 1. The monoisotopic (exact) mass is 256 g/mol. The number of hydrogen-bond acceptors (Lipinski definition) is 4. The maximum atomic E-state index is 12.0. The number of carbonyl (C=O) groups excluding carboxylic acids is 1. The number of nitrogen functional groups attached to an aromatic ring is 1. The van der Waals surface area contributed by atoms with E-state index in [-0.39, 0.29) is 18.6 Å². The van der Waals surface area contributed by atoms with E-state index in [1.807, 2.05) is 20.8 Å². The van der Waals surface area contributed by atoms with Crippen LogP contribution in [0.25, 0.3) is 0 Å². The van der Waals surface area contributed by atoms with Crippen LogP contribution in [0, 0.1) is 12.8 Å². The smallest absolute Gasteiger partial charge is 0.261 e. The summed E-state index contributed by atoms with van der Waals surface area (Å²) in [5, 5.41) is 11.9. The van der Waals surface area contributed by atoms with Crippen LogP contribution in [-0.2, 0) is 0 Å². The quantitative estimate of drug-likeness (QED) is 0.751. The van der Waals surface area contributed by atoms with Crippen LogP contribution in [0.5, 0.6) is 0 Å². The molecule has 0 saturated carbocycles. The molecule has 1 atom stereocenters. The van der Waals surface area contributed by atoms with Crippen LogP contribution in [0.4, 0.5) is 5.69 Å². The number of nitrogens with one attached hydrogen (secondary N) is 1. The van der Waals surface area contributed by atoms with E-state index < -0.39 is 0 Å². The summed E-state index contributed by atoms with van der Waals surface area (Å²) in [5.74, 6) is 0.187. The lowest BCUT2D eigenvalue weighted by Gasteiger charge is -2.21. The molecule has 1 rings (SSSR count). The molecule has 96 valence electrons. The average molecular weight is 256 g/mol. The molecule has 0 aliphatic rings. The van der Waals surface area contributed by atoms with E-state index in [0.717, 1.165) is 4.88 Å². The number of aliphatic hydroxyl groups is 1. The summed E-state index contributed by atoms with van der Waals surface area (Å²) in [6.07, 6.45) is 0.573. The Bertz CT molecular complexity index is 368. The number of hydrogen-bond donors (Lipinski definition) is 3. The van der Waals surface area contributed by atoms with Crippen molar-refractivity contribution < 1.29 is 9.90 Å². The number of aliphatic hydroxyl groups excluding tert-OH is 1. The Labute approximate surface area is 106 Å². The van der Waals surface area contributed by atoms with Gasteiger partial charge in [0.25, 0.3) is 5.91 Å². The van der Waals surface area contributed by atoms with E-state index in [4.69, 9.17) is 10.8 Å². The van der Waals surface area contributed by atoms with Gasteiger partial charge in [-0.05, 0) is 25.3 Å². The Balaban J connectivity index is 2.70. The molecule has 1 aromatic heterocycles. The van der Waals surface area contributed by atoms with Gasteiger partial charge in [-0.25, -0.2) is 0 Å². The highest BCUT2D eigenvalue weighted by Crippen LogP contribution is 2.23. The predicted octanol–water partition coefficient (Wildman–Crippen LogP) is 1.78. The van der Waals surface area contributed by atoms with Crippen LogP contribution in [0.3, 0.4) is 0 Å². The first kappa shape index (κ1) is 14.0. The van der Waals surface area contributed by atoms with E-state index in [0.29, 0.717) is 22.9 Å². The van der Waals surface area contributed by atoms with Crippen molar-refractivity contribution in [1.82, 2.24) is 5.32 Å². The topological polar surface area (TPSA) is 75.3 Å². The van der Waals surface area contributed by atoms with Crippen LogP contribution in [0.1, 0.15) is 34.8 Å². The molecule has 5 heteroatoms. The molecule has 1 unspecified atom stereocenters. The van der Waals surface area contributed by atoms with Gasteiger partial charge in [-0.1, -0.05) is 13.8 Å². The van der Waals surface area contributed by atoms with Gasteiger partial charge < -0.3 is 16.2 Å². The fraction of sp³-hybridized carbons (Fsp3) is 0.583. The molecule has 0 spiro atoms. The van der Waals surface area contributed by atoms with Crippen molar-refractivity contribution in [2.75, 3.05) is 12.3 Å². The van der Waals surface area contributed by atoms with Crippen LogP contribution in [0.15, 0.2) is 6.07 Å². The zero-order valence-electron chi connectivity index (χ0n) is 10.5. The molecule has 17 heavy (non-hydrogen) atoms. The molecule has 0 aliphatic heterocycles. The molecule has 1 heterocycles. The summed E-state index contributed by atoms with van der Waals surface area (Å²) >= 11 is 1.39. The van der Waals surface area contributed by atoms with Crippen LogP contribution < -0.4 is 11.1 Å². The van der Waals surface area contributed by atoms with E-state index >= 15 is 0 Å². The molecule has 1 aromatic rings. The highest BCUT2D eigenvalue weighted by atomic mass is 32.1. The minimum Gasteiger partial charge on any atom is -0.398 e. The van der Waals surface area contributed by atoms with Crippen molar-refractivity contribution in [3.63, 3.8) is 0 Å². The zero-order chi connectivity index (χ0) is 13.0. The van der Waals surface area contributed by atoms with Crippen LogP contribution >= 0.6 is 11.3 Å². The second kappa shape index (κ2) is 6.02. The maximum absolute atomic E-state index is 12.0. The first-order chi connectivity index (χ1) is 7.95. The van der Waals surface area contributed by atoms with Crippen LogP contribution in [0.2, 0.25) is 0 Å². The Morgan fingerprint density at radius 1 is 1.59 bits per heavy atom. The largest absolute Gasteiger partial charge is 0.398 e. The van der Waals surface area contributed by atoms with Crippen molar-refractivity contribution >= 4 is 22.9 Å². The first-order valence-electron chi connectivity index (χ1n) is 5.73. The zero-order valence-corrected chi connectivity index (χ0v) is 11.3. The summed E-state index contributed by atoms with van der Waals surface area (Å²) < 4.78 is 0. The Morgan fingerprint density at radius 3 is 2.65 bits per heavy atom. The SMILES string of the molecule is Cc1sc(C(=O)NC(CCO)C(C)C)cc1N. The fourth-order valence-corrected chi connectivity index (χ4v) is 2.40. The first-order valence-corrected chi connectivity index (χ1v) is 6.55. The normalized spacial score (nSPS) is 12.8. The summed E-state index contributed by atoms with van der Waals surface area (Å²) in [6, 6.07) is 1.70. The minimum absolute atomic E-state index is 0.00358. The number of amides is 1. The van der Waals surface area contributed by atoms with Crippen molar-refractivity contribution in [2.24, 2.45) is 5.92 Å². The molecule has 0 saturated heterocycles. The van der Waals surface area contributed by atoms with E-state index in [1.54, 1.807) is 6.07 Å². The number of aryl methyl sites for hydroxylation is 1. The molecule has 0 bridgehead atoms.